The van der Waals surface area contributed by atoms with Crippen molar-refractivity contribution < 1.29 is 0 Å². The summed E-state index contributed by atoms with van der Waals surface area (Å²) in [7, 11) is 0. The fourth-order valence-corrected chi connectivity index (χ4v) is 2.17. The number of aromatic nitrogens is 5. The summed E-state index contributed by atoms with van der Waals surface area (Å²) in [5.41, 5.74) is 1.79. The Hall–Kier alpha value is -2.82. The van der Waals surface area contributed by atoms with Gasteiger partial charge in [-0.25, -0.2) is 14.6 Å². The van der Waals surface area contributed by atoms with E-state index in [4.69, 9.17) is 0 Å². The van der Waals surface area contributed by atoms with Gasteiger partial charge in [-0.2, -0.15) is 5.10 Å². The highest BCUT2D eigenvalue weighted by Gasteiger charge is 2.05. The predicted octanol–water partition coefficient (Wildman–Crippen LogP) is 2.36. The van der Waals surface area contributed by atoms with Crippen LogP contribution >= 0.6 is 0 Å². The van der Waals surface area contributed by atoms with E-state index in [2.05, 4.69) is 32.2 Å². The third-order valence-corrected chi connectivity index (χ3v) is 3.07. The minimum Gasteiger partial charge on any atom is -0.254 e. The van der Waals surface area contributed by atoms with Gasteiger partial charge in [0.2, 0.25) is 0 Å². The third kappa shape index (κ3) is 1.55. The van der Waals surface area contributed by atoms with Gasteiger partial charge in [-0.3, -0.25) is 4.98 Å². The predicted molar refractivity (Wildman–Crippen MR) is 72.0 cm³/mol. The molecule has 0 saturated carbocycles. The van der Waals surface area contributed by atoms with Gasteiger partial charge in [0.1, 0.15) is 12.7 Å². The van der Waals surface area contributed by atoms with E-state index in [0.717, 1.165) is 27.6 Å². The van der Waals surface area contributed by atoms with Crippen molar-refractivity contribution in [3.05, 3.63) is 55.2 Å². The Labute approximate surface area is 108 Å². The fourth-order valence-electron chi connectivity index (χ4n) is 2.17. The Balaban J connectivity index is 2.09. The first-order valence-corrected chi connectivity index (χ1v) is 5.91. The number of rotatable bonds is 1. The molecule has 0 aliphatic carbocycles. The lowest BCUT2D eigenvalue weighted by atomic mass is 10.1. The van der Waals surface area contributed by atoms with Gasteiger partial charge in [-0.05, 0) is 18.2 Å². The van der Waals surface area contributed by atoms with Crippen LogP contribution in [0.15, 0.2) is 55.2 Å². The molecule has 0 spiro atoms. The first kappa shape index (κ1) is 10.1. The number of pyridine rings is 2. The molecular formula is C14H9N5. The molecule has 0 bridgehead atoms. The van der Waals surface area contributed by atoms with Crippen molar-refractivity contribution in [2.75, 3.05) is 0 Å². The SMILES string of the molecule is c1cnc2c(c1)ccc1ccc(-n3cncn3)nc12. The van der Waals surface area contributed by atoms with Gasteiger partial charge in [0, 0.05) is 17.0 Å². The quantitative estimate of drug-likeness (QED) is 0.484. The lowest BCUT2D eigenvalue weighted by Gasteiger charge is -2.04. The van der Waals surface area contributed by atoms with Crippen LogP contribution < -0.4 is 0 Å². The van der Waals surface area contributed by atoms with Crippen molar-refractivity contribution >= 4 is 21.8 Å². The Morgan fingerprint density at radius 2 is 1.74 bits per heavy atom. The minimum absolute atomic E-state index is 0.739. The summed E-state index contributed by atoms with van der Waals surface area (Å²) in [6.07, 6.45) is 4.91. The van der Waals surface area contributed by atoms with E-state index in [-0.39, 0.29) is 0 Å². The molecule has 0 aliphatic heterocycles. The molecule has 0 aliphatic rings. The molecular weight excluding hydrogens is 238 g/mol. The van der Waals surface area contributed by atoms with Crippen molar-refractivity contribution in [2.24, 2.45) is 0 Å². The maximum Gasteiger partial charge on any atom is 0.155 e. The smallest absolute Gasteiger partial charge is 0.155 e. The van der Waals surface area contributed by atoms with Gasteiger partial charge in [-0.15, -0.1) is 0 Å². The molecule has 5 heteroatoms. The van der Waals surface area contributed by atoms with Crippen LogP contribution in [0.4, 0.5) is 0 Å². The van der Waals surface area contributed by atoms with Gasteiger partial charge >= 0.3 is 0 Å². The monoisotopic (exact) mass is 247 g/mol. The van der Waals surface area contributed by atoms with Gasteiger partial charge in [0.05, 0.1) is 11.0 Å². The molecule has 0 unspecified atom stereocenters. The molecule has 0 radical (unpaired) electrons. The second-order valence-corrected chi connectivity index (χ2v) is 4.22. The van der Waals surface area contributed by atoms with E-state index >= 15 is 0 Å². The normalized spacial score (nSPS) is 11.2. The van der Waals surface area contributed by atoms with Crippen LogP contribution in [-0.2, 0) is 0 Å². The van der Waals surface area contributed by atoms with Crippen molar-refractivity contribution in [3.8, 4) is 5.82 Å². The first-order valence-electron chi connectivity index (χ1n) is 5.91. The summed E-state index contributed by atoms with van der Waals surface area (Å²) >= 11 is 0. The highest BCUT2D eigenvalue weighted by atomic mass is 15.3. The molecule has 3 heterocycles. The molecule has 19 heavy (non-hydrogen) atoms. The Morgan fingerprint density at radius 3 is 2.58 bits per heavy atom. The zero-order valence-electron chi connectivity index (χ0n) is 9.93. The summed E-state index contributed by atoms with van der Waals surface area (Å²) in [6, 6.07) is 12.0. The molecule has 1 aromatic carbocycles. The summed E-state index contributed by atoms with van der Waals surface area (Å²) in [6.45, 7) is 0. The lowest BCUT2D eigenvalue weighted by molar-refractivity contribution is 0.851. The van der Waals surface area contributed by atoms with Crippen molar-refractivity contribution in [2.45, 2.75) is 0 Å². The Bertz CT molecular complexity index is 867. The van der Waals surface area contributed by atoms with Crippen LogP contribution in [0.25, 0.3) is 27.6 Å². The molecule has 0 amide bonds. The average Bonchev–Trinajstić information content (AvgIpc) is 3.01. The van der Waals surface area contributed by atoms with E-state index in [1.807, 2.05) is 24.3 Å². The van der Waals surface area contributed by atoms with E-state index in [9.17, 15) is 0 Å². The van der Waals surface area contributed by atoms with Crippen molar-refractivity contribution in [3.63, 3.8) is 0 Å². The van der Waals surface area contributed by atoms with Crippen LogP contribution in [0.1, 0.15) is 0 Å². The molecule has 3 aromatic heterocycles. The molecule has 0 atom stereocenters. The number of hydrogen-bond acceptors (Lipinski definition) is 4. The van der Waals surface area contributed by atoms with Crippen LogP contribution in [0.5, 0.6) is 0 Å². The fraction of sp³-hybridized carbons (Fsp3) is 0. The number of fused-ring (bicyclic) bond motifs is 3. The van der Waals surface area contributed by atoms with Crippen LogP contribution in [0.3, 0.4) is 0 Å². The average molecular weight is 247 g/mol. The zero-order chi connectivity index (χ0) is 12.7. The molecule has 0 fully saturated rings. The number of hydrogen-bond donors (Lipinski definition) is 0. The number of benzene rings is 1. The maximum atomic E-state index is 4.64. The van der Waals surface area contributed by atoms with Crippen LogP contribution in [0.2, 0.25) is 0 Å². The van der Waals surface area contributed by atoms with Crippen LogP contribution in [-0.4, -0.2) is 24.7 Å². The topological polar surface area (TPSA) is 56.5 Å². The van der Waals surface area contributed by atoms with Crippen molar-refractivity contribution in [1.82, 2.24) is 24.7 Å². The maximum absolute atomic E-state index is 4.64. The summed E-state index contributed by atoms with van der Waals surface area (Å²) in [4.78, 5) is 13.0. The van der Waals surface area contributed by atoms with Gasteiger partial charge in [0.15, 0.2) is 5.82 Å². The largest absolute Gasteiger partial charge is 0.254 e. The summed E-state index contributed by atoms with van der Waals surface area (Å²) < 4.78 is 1.64. The van der Waals surface area contributed by atoms with E-state index in [1.54, 1.807) is 17.2 Å². The van der Waals surface area contributed by atoms with Gasteiger partial charge in [-0.1, -0.05) is 18.2 Å². The Morgan fingerprint density at radius 1 is 0.895 bits per heavy atom. The van der Waals surface area contributed by atoms with Gasteiger partial charge < -0.3 is 0 Å². The third-order valence-electron chi connectivity index (χ3n) is 3.07. The number of nitrogens with zero attached hydrogens (tertiary/aromatic N) is 5. The second-order valence-electron chi connectivity index (χ2n) is 4.22. The second kappa shape index (κ2) is 3.84. The van der Waals surface area contributed by atoms with E-state index < -0.39 is 0 Å². The van der Waals surface area contributed by atoms with E-state index in [0.29, 0.717) is 0 Å². The molecule has 5 nitrogen and oxygen atoms in total. The molecule has 0 N–H and O–H groups in total. The van der Waals surface area contributed by atoms with Gasteiger partial charge in [0.25, 0.3) is 0 Å². The molecule has 90 valence electrons. The molecule has 4 aromatic rings. The van der Waals surface area contributed by atoms with Crippen LogP contribution in [0, 0.1) is 0 Å². The highest BCUT2D eigenvalue weighted by molar-refractivity contribution is 6.02. The highest BCUT2D eigenvalue weighted by Crippen LogP contribution is 2.22. The van der Waals surface area contributed by atoms with Crippen molar-refractivity contribution in [1.29, 1.82) is 0 Å². The summed E-state index contributed by atoms with van der Waals surface area (Å²) in [5.74, 6) is 0.739. The molecule has 0 saturated heterocycles. The minimum atomic E-state index is 0.739. The summed E-state index contributed by atoms with van der Waals surface area (Å²) in [5, 5.41) is 6.24. The van der Waals surface area contributed by atoms with E-state index in [1.165, 1.54) is 6.33 Å². The standard InChI is InChI=1S/C14H9N5/c1-2-10-3-4-11-5-6-12(19-9-15-8-17-19)18-14(11)13(10)16-7-1/h1-9H. The Kier molecular flexibility index (Phi) is 2.05. The zero-order valence-corrected chi connectivity index (χ0v) is 9.93. The molecule has 4 rings (SSSR count). The first-order chi connectivity index (χ1) is 9.42. The lowest BCUT2D eigenvalue weighted by Crippen LogP contribution is -1.98.